The summed E-state index contributed by atoms with van der Waals surface area (Å²) < 4.78 is 2.04. The third-order valence-electron chi connectivity index (χ3n) is 2.40. The van der Waals surface area contributed by atoms with E-state index in [1.165, 1.54) is 17.5 Å². The van der Waals surface area contributed by atoms with Crippen LogP contribution in [0.5, 0.6) is 0 Å². The number of hydrogen-bond acceptors (Lipinski definition) is 5. The van der Waals surface area contributed by atoms with Gasteiger partial charge in [-0.2, -0.15) is 0 Å². The maximum absolute atomic E-state index is 11.9. The van der Waals surface area contributed by atoms with E-state index in [2.05, 4.69) is 10.3 Å². The number of carboxylic acids is 1. The van der Waals surface area contributed by atoms with Gasteiger partial charge >= 0.3 is 5.97 Å². The molecule has 0 atom stereocenters. The fourth-order valence-electron chi connectivity index (χ4n) is 1.55. The highest BCUT2D eigenvalue weighted by Gasteiger charge is 2.17. The molecule has 0 unspecified atom stereocenters. The lowest BCUT2D eigenvalue weighted by atomic mass is 10.2. The van der Waals surface area contributed by atoms with Crippen molar-refractivity contribution in [3.05, 3.63) is 22.0 Å². The Morgan fingerprint density at radius 1 is 1.65 bits per heavy atom. The summed E-state index contributed by atoms with van der Waals surface area (Å²) >= 11 is 1.17. The van der Waals surface area contributed by atoms with Crippen LogP contribution >= 0.6 is 11.3 Å². The van der Waals surface area contributed by atoms with Gasteiger partial charge in [-0.25, -0.2) is 9.78 Å². The molecule has 0 saturated carbocycles. The molecule has 0 amide bonds. The van der Waals surface area contributed by atoms with Gasteiger partial charge in [0, 0.05) is 19.8 Å². The third-order valence-corrected chi connectivity index (χ3v) is 3.46. The summed E-state index contributed by atoms with van der Waals surface area (Å²) in [5.74, 6) is -1.21. The van der Waals surface area contributed by atoms with Gasteiger partial charge in [0.05, 0.1) is 0 Å². The normalized spacial score (nSPS) is 10.7. The van der Waals surface area contributed by atoms with Crippen LogP contribution in [0.1, 0.15) is 17.3 Å². The minimum absolute atomic E-state index is 0.217. The van der Waals surface area contributed by atoms with E-state index in [9.17, 15) is 9.59 Å². The van der Waals surface area contributed by atoms with Crippen molar-refractivity contribution in [3.63, 3.8) is 0 Å². The van der Waals surface area contributed by atoms with Crippen molar-refractivity contribution in [2.24, 2.45) is 0 Å². The second kappa shape index (κ2) is 4.17. The summed E-state index contributed by atoms with van der Waals surface area (Å²) in [5.41, 5.74) is -0.168. The van der Waals surface area contributed by atoms with Crippen LogP contribution < -0.4 is 10.7 Å². The number of carboxylic acid groups (broad SMARTS) is 1. The van der Waals surface area contributed by atoms with E-state index < -0.39 is 11.4 Å². The molecule has 7 heteroatoms. The van der Waals surface area contributed by atoms with Crippen molar-refractivity contribution in [3.8, 4) is 0 Å². The van der Waals surface area contributed by atoms with E-state index in [0.29, 0.717) is 22.0 Å². The van der Waals surface area contributed by atoms with Gasteiger partial charge in [-0.1, -0.05) is 11.3 Å². The molecule has 0 bridgehead atoms. The lowest BCUT2D eigenvalue weighted by Gasteiger charge is -2.04. The molecule has 0 aliphatic rings. The average Bonchev–Trinajstić information content (AvgIpc) is 2.74. The lowest BCUT2D eigenvalue weighted by Crippen LogP contribution is -2.17. The van der Waals surface area contributed by atoms with Gasteiger partial charge < -0.3 is 15.0 Å². The highest BCUT2D eigenvalue weighted by molar-refractivity contribution is 7.22. The number of hydrogen-bond donors (Lipinski definition) is 2. The summed E-state index contributed by atoms with van der Waals surface area (Å²) in [4.78, 5) is 27.1. The summed E-state index contributed by atoms with van der Waals surface area (Å²) in [7, 11) is 1.70. The Balaban J connectivity index is 2.87. The van der Waals surface area contributed by atoms with Gasteiger partial charge in [-0.15, -0.1) is 0 Å². The molecule has 0 saturated heterocycles. The second-order valence-corrected chi connectivity index (χ2v) is 4.38. The van der Waals surface area contributed by atoms with Gasteiger partial charge in [0.25, 0.3) is 0 Å². The predicted octanol–water partition coefficient (Wildman–Crippen LogP) is 1.22. The first-order valence-corrected chi connectivity index (χ1v) is 5.85. The molecule has 2 heterocycles. The summed E-state index contributed by atoms with van der Waals surface area (Å²) in [6.07, 6.45) is 1.34. The smallest absolute Gasteiger partial charge is 0.341 e. The van der Waals surface area contributed by atoms with Crippen molar-refractivity contribution >= 4 is 32.8 Å². The number of aryl methyl sites for hydroxylation is 1. The third kappa shape index (κ3) is 1.78. The molecule has 2 N–H and O–H groups in total. The van der Waals surface area contributed by atoms with Crippen LogP contribution in [0.4, 0.5) is 5.13 Å². The van der Waals surface area contributed by atoms with Crippen LogP contribution in [-0.2, 0) is 6.54 Å². The zero-order chi connectivity index (χ0) is 12.6. The molecule has 0 aliphatic carbocycles. The van der Waals surface area contributed by atoms with E-state index >= 15 is 0 Å². The number of nitrogens with one attached hydrogen (secondary N) is 1. The van der Waals surface area contributed by atoms with Gasteiger partial charge in [0.2, 0.25) is 5.43 Å². The molecule has 2 aromatic heterocycles. The summed E-state index contributed by atoms with van der Waals surface area (Å²) in [6, 6.07) is 0. The molecule has 2 rings (SSSR count). The Hall–Kier alpha value is -1.89. The number of aromatic carboxylic acids is 1. The molecule has 90 valence electrons. The van der Waals surface area contributed by atoms with Gasteiger partial charge in [0.15, 0.2) is 10.8 Å². The molecule has 0 fully saturated rings. The first-order valence-electron chi connectivity index (χ1n) is 5.03. The van der Waals surface area contributed by atoms with Crippen LogP contribution in [0.25, 0.3) is 10.3 Å². The topological polar surface area (TPSA) is 84.2 Å². The number of anilines is 1. The van der Waals surface area contributed by atoms with Crippen LogP contribution in [0.15, 0.2) is 11.0 Å². The Bertz CT molecular complexity index is 644. The minimum atomic E-state index is -1.21. The van der Waals surface area contributed by atoms with Crippen LogP contribution in [-0.4, -0.2) is 27.7 Å². The Morgan fingerprint density at radius 3 is 2.88 bits per heavy atom. The SMILES string of the molecule is CCn1cc(C(=O)O)c(=O)c2sc(NC)nc21. The minimum Gasteiger partial charge on any atom is -0.477 e. The van der Waals surface area contributed by atoms with E-state index in [1.54, 1.807) is 11.6 Å². The summed E-state index contributed by atoms with van der Waals surface area (Å²) in [6.45, 7) is 2.43. The maximum atomic E-state index is 11.9. The quantitative estimate of drug-likeness (QED) is 0.859. The number of fused-ring (bicyclic) bond motifs is 1. The zero-order valence-electron chi connectivity index (χ0n) is 9.35. The molecule has 0 aliphatic heterocycles. The average molecular weight is 253 g/mol. The first kappa shape index (κ1) is 11.6. The predicted molar refractivity (Wildman–Crippen MR) is 66.1 cm³/mol. The van der Waals surface area contributed by atoms with E-state index in [4.69, 9.17) is 5.11 Å². The number of rotatable bonds is 3. The molecular weight excluding hydrogens is 242 g/mol. The number of aromatic nitrogens is 2. The molecule has 2 aromatic rings. The molecule has 17 heavy (non-hydrogen) atoms. The molecular formula is C10H11N3O3S. The van der Waals surface area contributed by atoms with E-state index in [1.807, 2.05) is 6.92 Å². The van der Waals surface area contributed by atoms with Gasteiger partial charge in [-0.3, -0.25) is 4.79 Å². The number of pyridine rings is 1. The van der Waals surface area contributed by atoms with Crippen molar-refractivity contribution in [2.75, 3.05) is 12.4 Å². The maximum Gasteiger partial charge on any atom is 0.341 e. The zero-order valence-corrected chi connectivity index (χ0v) is 10.2. The molecule has 0 spiro atoms. The first-order chi connectivity index (χ1) is 8.08. The van der Waals surface area contributed by atoms with Crippen LogP contribution in [0.2, 0.25) is 0 Å². The Labute approximate surface area is 101 Å². The molecule has 6 nitrogen and oxygen atoms in total. The number of thiazole rings is 1. The van der Waals surface area contributed by atoms with Crippen molar-refractivity contribution in [1.29, 1.82) is 0 Å². The van der Waals surface area contributed by atoms with Crippen LogP contribution in [0, 0.1) is 0 Å². The fraction of sp³-hybridized carbons (Fsp3) is 0.300. The Kier molecular flexibility index (Phi) is 2.84. The standard InChI is InChI=1S/C10H11N3O3S/c1-3-13-4-5(9(15)16)6(14)7-8(13)12-10(11-2)17-7/h4H,3H2,1-2H3,(H,11,12)(H,15,16). The van der Waals surface area contributed by atoms with E-state index in [0.717, 1.165) is 0 Å². The fourth-order valence-corrected chi connectivity index (χ4v) is 2.44. The van der Waals surface area contributed by atoms with Gasteiger partial charge in [-0.05, 0) is 6.92 Å². The van der Waals surface area contributed by atoms with Crippen LogP contribution in [0.3, 0.4) is 0 Å². The second-order valence-electron chi connectivity index (χ2n) is 3.38. The number of nitrogens with zero attached hydrogens (tertiary/aromatic N) is 2. The van der Waals surface area contributed by atoms with Gasteiger partial charge in [0.1, 0.15) is 10.3 Å². The summed E-state index contributed by atoms with van der Waals surface area (Å²) in [5, 5.41) is 12.4. The Morgan fingerprint density at radius 2 is 2.35 bits per heavy atom. The van der Waals surface area contributed by atoms with Crippen molar-refractivity contribution < 1.29 is 9.90 Å². The van der Waals surface area contributed by atoms with Crippen molar-refractivity contribution in [2.45, 2.75) is 13.5 Å². The highest BCUT2D eigenvalue weighted by Crippen LogP contribution is 2.23. The lowest BCUT2D eigenvalue weighted by molar-refractivity contribution is 0.0695. The molecule has 0 aromatic carbocycles. The number of carbonyl (C=O) groups is 1. The van der Waals surface area contributed by atoms with Crippen molar-refractivity contribution in [1.82, 2.24) is 9.55 Å². The monoisotopic (exact) mass is 253 g/mol. The molecule has 0 radical (unpaired) electrons. The largest absolute Gasteiger partial charge is 0.477 e. The van der Waals surface area contributed by atoms with E-state index in [-0.39, 0.29) is 5.56 Å². The highest BCUT2D eigenvalue weighted by atomic mass is 32.1.